The van der Waals surface area contributed by atoms with Crippen LogP contribution in [0.25, 0.3) is 82.8 Å². The molecular formula is C48H36O2. The van der Waals surface area contributed by atoms with E-state index in [2.05, 4.69) is 149 Å². The van der Waals surface area contributed by atoms with Gasteiger partial charge in [-0.2, -0.15) is 0 Å². The second-order valence-electron chi connectivity index (χ2n) is 15.6. The predicted molar refractivity (Wildman–Crippen MR) is 208 cm³/mol. The Balaban J connectivity index is 1.00. The Morgan fingerprint density at radius 1 is 0.480 bits per heavy atom. The van der Waals surface area contributed by atoms with Crippen LogP contribution in [0.2, 0.25) is 0 Å². The molecule has 240 valence electrons. The largest absolute Gasteiger partial charge is 0.452 e. The number of hydrogen-bond donors (Lipinski definition) is 0. The average Bonchev–Trinajstić information content (AvgIpc) is 3.84. The first-order chi connectivity index (χ1) is 24.3. The van der Waals surface area contributed by atoms with Crippen LogP contribution in [0.4, 0.5) is 0 Å². The van der Waals surface area contributed by atoms with E-state index in [1.54, 1.807) is 0 Å². The minimum Gasteiger partial charge on any atom is -0.452 e. The van der Waals surface area contributed by atoms with E-state index in [-0.39, 0.29) is 10.8 Å². The second-order valence-corrected chi connectivity index (χ2v) is 15.6. The summed E-state index contributed by atoms with van der Waals surface area (Å²) in [5.41, 5.74) is 19.5. The topological polar surface area (TPSA) is 26.3 Å². The van der Waals surface area contributed by atoms with Crippen LogP contribution in [0.1, 0.15) is 62.8 Å². The van der Waals surface area contributed by atoms with Crippen molar-refractivity contribution in [1.82, 2.24) is 0 Å². The summed E-state index contributed by atoms with van der Waals surface area (Å²) >= 11 is 0. The molecule has 0 saturated carbocycles. The molecule has 50 heavy (non-hydrogen) atoms. The summed E-state index contributed by atoms with van der Waals surface area (Å²) in [5, 5.41) is 4.38. The van der Waals surface area contributed by atoms with Crippen LogP contribution >= 0.6 is 0 Å². The molecule has 2 nitrogen and oxygen atoms in total. The summed E-state index contributed by atoms with van der Waals surface area (Å²) in [4.78, 5) is 0. The molecule has 2 aromatic heterocycles. The molecule has 0 N–H and O–H groups in total. The molecule has 0 atom stereocenters. The maximum absolute atomic E-state index is 6.57. The normalized spacial score (nSPS) is 16.8. The molecule has 11 rings (SSSR count). The van der Waals surface area contributed by atoms with E-state index in [0.29, 0.717) is 0 Å². The summed E-state index contributed by atoms with van der Waals surface area (Å²) < 4.78 is 13.1. The van der Waals surface area contributed by atoms with Crippen molar-refractivity contribution in [2.45, 2.75) is 51.4 Å². The molecular weight excluding hydrogens is 609 g/mol. The molecule has 0 saturated heterocycles. The van der Waals surface area contributed by atoms with Gasteiger partial charge in [-0.05, 0) is 128 Å². The number of benzene rings is 6. The lowest BCUT2D eigenvalue weighted by atomic mass is 9.79. The van der Waals surface area contributed by atoms with Crippen LogP contribution < -0.4 is 0 Å². The third-order valence-corrected chi connectivity index (χ3v) is 12.2. The standard InChI is InChI=1S/C48H36O2/c1-47(2)39-11-7-5-9-31(39)33-17-13-29(25-41(33)47)27-15-21-43-37(23-27)35-19-20-36-38-24-28(16-22-44(38)50-46(36)45(35)49-43)30-14-18-34-32-10-6-8-12-40(32)48(3,4)42(34)26-30/h5,7-9,11-26H,6,10H2,1-4H3. The highest BCUT2D eigenvalue weighted by molar-refractivity contribution is 6.19. The molecule has 0 unspecified atom stereocenters. The van der Waals surface area contributed by atoms with Crippen LogP contribution in [-0.4, -0.2) is 0 Å². The number of furan rings is 2. The highest BCUT2D eigenvalue weighted by atomic mass is 16.4. The summed E-state index contributed by atoms with van der Waals surface area (Å²) in [6.07, 6.45) is 6.95. The van der Waals surface area contributed by atoms with Gasteiger partial charge < -0.3 is 8.83 Å². The maximum atomic E-state index is 6.57. The molecule has 2 heterocycles. The fraction of sp³-hybridized carbons (Fsp3) is 0.167. The summed E-state index contributed by atoms with van der Waals surface area (Å²) in [7, 11) is 0. The number of fused-ring (bicyclic) bond motifs is 12. The molecule has 6 aromatic carbocycles. The zero-order valence-corrected chi connectivity index (χ0v) is 28.8. The minimum absolute atomic E-state index is 0.0137. The Morgan fingerprint density at radius 3 is 1.68 bits per heavy atom. The van der Waals surface area contributed by atoms with E-state index in [4.69, 9.17) is 8.83 Å². The van der Waals surface area contributed by atoms with Gasteiger partial charge in [0.25, 0.3) is 0 Å². The van der Waals surface area contributed by atoms with Crippen molar-refractivity contribution in [3.63, 3.8) is 0 Å². The first-order valence-electron chi connectivity index (χ1n) is 17.9. The summed E-state index contributed by atoms with van der Waals surface area (Å²) in [6.45, 7) is 9.41. The molecule has 0 spiro atoms. The van der Waals surface area contributed by atoms with E-state index in [1.807, 2.05) is 0 Å². The molecule has 0 bridgehead atoms. The predicted octanol–water partition coefficient (Wildman–Crippen LogP) is 13.5. The molecule has 0 aliphatic heterocycles. The van der Waals surface area contributed by atoms with Crippen molar-refractivity contribution in [3.05, 3.63) is 149 Å². The van der Waals surface area contributed by atoms with Gasteiger partial charge in [-0.15, -0.1) is 0 Å². The van der Waals surface area contributed by atoms with Gasteiger partial charge in [0.15, 0.2) is 11.2 Å². The van der Waals surface area contributed by atoms with E-state index >= 15 is 0 Å². The van der Waals surface area contributed by atoms with Crippen molar-refractivity contribution >= 4 is 49.5 Å². The molecule has 2 heteroatoms. The molecule has 0 amide bonds. The van der Waals surface area contributed by atoms with Gasteiger partial charge in [-0.25, -0.2) is 0 Å². The SMILES string of the molecule is CC1(C)C2=C(CCC=C2)c2ccc(-c3ccc4oc5c(ccc6c7cc(-c8ccc9c(c8)C(C)(C)c8ccccc8-9)ccc7oc65)c4c3)cc21. The van der Waals surface area contributed by atoms with Crippen molar-refractivity contribution in [2.24, 2.45) is 0 Å². The lowest BCUT2D eigenvalue weighted by Gasteiger charge is -2.24. The summed E-state index contributed by atoms with van der Waals surface area (Å²) in [5.74, 6) is 0. The highest BCUT2D eigenvalue weighted by Gasteiger charge is 2.37. The second kappa shape index (κ2) is 9.55. The Hall–Kier alpha value is -5.60. The number of allylic oxidation sites excluding steroid dienone is 4. The third kappa shape index (κ3) is 3.63. The molecule has 3 aliphatic carbocycles. The van der Waals surface area contributed by atoms with Crippen molar-refractivity contribution in [1.29, 1.82) is 0 Å². The lowest BCUT2D eigenvalue weighted by molar-refractivity contribution is 0.633. The molecule has 3 aliphatic rings. The van der Waals surface area contributed by atoms with Gasteiger partial charge in [0.2, 0.25) is 0 Å². The van der Waals surface area contributed by atoms with E-state index in [9.17, 15) is 0 Å². The number of rotatable bonds is 2. The first-order valence-corrected chi connectivity index (χ1v) is 17.9. The van der Waals surface area contributed by atoms with Gasteiger partial charge in [0.05, 0.1) is 0 Å². The van der Waals surface area contributed by atoms with Crippen molar-refractivity contribution in [3.8, 4) is 33.4 Å². The van der Waals surface area contributed by atoms with Crippen LogP contribution in [0.5, 0.6) is 0 Å². The van der Waals surface area contributed by atoms with E-state index < -0.39 is 0 Å². The quantitative estimate of drug-likeness (QED) is 0.187. The fourth-order valence-corrected chi connectivity index (χ4v) is 9.49. The van der Waals surface area contributed by atoms with Crippen LogP contribution in [-0.2, 0) is 10.8 Å². The van der Waals surface area contributed by atoms with E-state index in [0.717, 1.165) is 56.7 Å². The first kappa shape index (κ1) is 28.3. The lowest BCUT2D eigenvalue weighted by Crippen LogP contribution is -2.16. The fourth-order valence-electron chi connectivity index (χ4n) is 9.49. The maximum Gasteiger partial charge on any atom is 0.178 e. The Bertz CT molecular complexity index is 2860. The van der Waals surface area contributed by atoms with Crippen LogP contribution in [0.3, 0.4) is 0 Å². The van der Waals surface area contributed by atoms with Gasteiger partial charge in [-0.3, -0.25) is 0 Å². The van der Waals surface area contributed by atoms with Crippen LogP contribution in [0, 0.1) is 0 Å². The Morgan fingerprint density at radius 2 is 1.02 bits per heavy atom. The highest BCUT2D eigenvalue weighted by Crippen LogP contribution is 2.52. The molecule has 0 fully saturated rings. The monoisotopic (exact) mass is 644 g/mol. The summed E-state index contributed by atoms with van der Waals surface area (Å²) in [6, 6.07) is 40.4. The van der Waals surface area contributed by atoms with Crippen LogP contribution in [0.15, 0.2) is 136 Å². The smallest absolute Gasteiger partial charge is 0.178 e. The van der Waals surface area contributed by atoms with Gasteiger partial charge in [-0.1, -0.05) is 101 Å². The third-order valence-electron chi connectivity index (χ3n) is 12.2. The van der Waals surface area contributed by atoms with Crippen molar-refractivity contribution < 1.29 is 8.83 Å². The average molecular weight is 645 g/mol. The molecule has 0 radical (unpaired) electrons. The minimum atomic E-state index is -0.0352. The van der Waals surface area contributed by atoms with Crippen molar-refractivity contribution in [2.75, 3.05) is 0 Å². The van der Waals surface area contributed by atoms with E-state index in [1.165, 1.54) is 66.8 Å². The zero-order valence-electron chi connectivity index (χ0n) is 28.8. The Labute approximate surface area is 291 Å². The Kier molecular flexibility index (Phi) is 5.40. The van der Waals surface area contributed by atoms with Gasteiger partial charge in [0, 0.05) is 32.4 Å². The van der Waals surface area contributed by atoms with Gasteiger partial charge >= 0.3 is 0 Å². The number of hydrogen-bond acceptors (Lipinski definition) is 2. The van der Waals surface area contributed by atoms with Gasteiger partial charge in [0.1, 0.15) is 11.2 Å². The zero-order chi connectivity index (χ0) is 33.5. The molecule has 8 aromatic rings.